The van der Waals surface area contributed by atoms with Crippen LogP contribution in [0.4, 0.5) is 0 Å². The number of likely N-dealkylation sites (N-methyl/N-ethyl adjacent to an activating group) is 1. The Bertz CT molecular complexity index is 607. The molecule has 1 heterocycles. The van der Waals surface area contributed by atoms with Crippen LogP contribution in [0.1, 0.15) is 34.1 Å². The Hall–Kier alpha value is -1.71. The van der Waals surface area contributed by atoms with Crippen LogP contribution in [0.2, 0.25) is 0 Å². The van der Waals surface area contributed by atoms with E-state index in [0.717, 1.165) is 17.9 Å². The highest BCUT2D eigenvalue weighted by atomic mass is 15.1. The van der Waals surface area contributed by atoms with E-state index < -0.39 is 0 Å². The molecule has 0 aliphatic heterocycles. The third-order valence-electron chi connectivity index (χ3n) is 4.12. The summed E-state index contributed by atoms with van der Waals surface area (Å²) >= 11 is 0. The van der Waals surface area contributed by atoms with E-state index >= 15 is 0 Å². The highest BCUT2D eigenvalue weighted by molar-refractivity contribution is 5.35. The monoisotopic (exact) mass is 283 g/mol. The number of rotatable bonds is 5. The van der Waals surface area contributed by atoms with Crippen LogP contribution in [-0.4, -0.2) is 23.5 Å². The normalized spacial score (nSPS) is 12.7. The fourth-order valence-corrected chi connectivity index (χ4v) is 2.73. The Balaban J connectivity index is 2.22. The predicted molar refractivity (Wildman–Crippen MR) is 88.2 cm³/mol. The average Bonchev–Trinajstić information content (AvgIpc) is 2.44. The maximum absolute atomic E-state index is 6.05. The molecule has 0 radical (unpaired) electrons. The van der Waals surface area contributed by atoms with Crippen molar-refractivity contribution in [2.75, 3.05) is 13.6 Å². The molecule has 2 rings (SSSR count). The highest BCUT2D eigenvalue weighted by Gasteiger charge is 2.18. The van der Waals surface area contributed by atoms with Gasteiger partial charge in [0.15, 0.2) is 0 Å². The van der Waals surface area contributed by atoms with Gasteiger partial charge in [0.05, 0.1) is 5.69 Å². The number of hydrogen-bond donors (Lipinski definition) is 1. The number of benzene rings is 1. The molecule has 0 aliphatic carbocycles. The summed E-state index contributed by atoms with van der Waals surface area (Å²) in [5, 5.41) is 0. The number of hydrogen-bond acceptors (Lipinski definition) is 3. The predicted octanol–water partition coefficient (Wildman–Crippen LogP) is 3.14. The van der Waals surface area contributed by atoms with Crippen molar-refractivity contribution in [1.82, 2.24) is 9.88 Å². The minimum Gasteiger partial charge on any atom is -0.329 e. The molecule has 1 unspecified atom stereocenters. The van der Waals surface area contributed by atoms with E-state index in [4.69, 9.17) is 5.73 Å². The summed E-state index contributed by atoms with van der Waals surface area (Å²) in [6.07, 6.45) is 0. The maximum atomic E-state index is 6.05. The van der Waals surface area contributed by atoms with Gasteiger partial charge < -0.3 is 5.73 Å². The second-order valence-electron chi connectivity index (χ2n) is 5.73. The Morgan fingerprint density at radius 2 is 1.81 bits per heavy atom. The molecular weight excluding hydrogens is 258 g/mol. The quantitative estimate of drug-likeness (QED) is 0.916. The van der Waals surface area contributed by atoms with Gasteiger partial charge in [-0.15, -0.1) is 0 Å². The van der Waals surface area contributed by atoms with Crippen molar-refractivity contribution in [2.45, 2.75) is 33.4 Å². The number of aromatic nitrogens is 1. The lowest BCUT2D eigenvalue weighted by atomic mass is 9.96. The number of aryl methyl sites for hydroxylation is 2. The van der Waals surface area contributed by atoms with Crippen LogP contribution in [0.15, 0.2) is 36.4 Å². The molecule has 112 valence electrons. The van der Waals surface area contributed by atoms with E-state index in [1.807, 2.05) is 13.0 Å². The molecule has 0 bridgehead atoms. The zero-order chi connectivity index (χ0) is 15.4. The molecular formula is C18H25N3. The van der Waals surface area contributed by atoms with Gasteiger partial charge in [0.1, 0.15) is 0 Å². The van der Waals surface area contributed by atoms with Gasteiger partial charge >= 0.3 is 0 Å². The molecule has 21 heavy (non-hydrogen) atoms. The van der Waals surface area contributed by atoms with E-state index in [2.05, 4.69) is 61.1 Å². The third kappa shape index (κ3) is 3.69. The van der Waals surface area contributed by atoms with Gasteiger partial charge in [0, 0.05) is 24.8 Å². The Kier molecular flexibility index (Phi) is 5.10. The molecule has 0 fully saturated rings. The van der Waals surface area contributed by atoms with Crippen molar-refractivity contribution in [3.05, 3.63) is 64.5 Å². The lowest BCUT2D eigenvalue weighted by Gasteiger charge is -2.29. The Morgan fingerprint density at radius 3 is 2.48 bits per heavy atom. The molecule has 0 spiro atoms. The van der Waals surface area contributed by atoms with E-state index in [9.17, 15) is 0 Å². The third-order valence-corrected chi connectivity index (χ3v) is 4.12. The first-order chi connectivity index (χ1) is 10.0. The van der Waals surface area contributed by atoms with Crippen LogP contribution in [-0.2, 0) is 6.54 Å². The zero-order valence-corrected chi connectivity index (χ0v) is 13.4. The first-order valence-electron chi connectivity index (χ1n) is 7.42. The first-order valence-corrected chi connectivity index (χ1v) is 7.42. The molecule has 2 aromatic rings. The van der Waals surface area contributed by atoms with Crippen LogP contribution in [0, 0.1) is 20.8 Å². The SMILES string of the molecule is Cc1cccc(CN(C)C(CN)c2cccc(C)c2C)n1. The van der Waals surface area contributed by atoms with Crippen molar-refractivity contribution >= 4 is 0 Å². The molecule has 0 amide bonds. The van der Waals surface area contributed by atoms with Crippen LogP contribution in [0.25, 0.3) is 0 Å². The Labute approximate surface area is 127 Å². The van der Waals surface area contributed by atoms with Gasteiger partial charge in [-0.3, -0.25) is 9.88 Å². The lowest BCUT2D eigenvalue weighted by Crippen LogP contribution is -2.31. The van der Waals surface area contributed by atoms with Crippen molar-refractivity contribution in [3.8, 4) is 0 Å². The summed E-state index contributed by atoms with van der Waals surface area (Å²) in [4.78, 5) is 6.86. The molecule has 3 nitrogen and oxygen atoms in total. The van der Waals surface area contributed by atoms with Crippen LogP contribution in [0.3, 0.4) is 0 Å². The summed E-state index contributed by atoms with van der Waals surface area (Å²) in [6, 6.07) is 12.8. The molecule has 2 N–H and O–H groups in total. The molecule has 1 aromatic carbocycles. The summed E-state index contributed by atoms with van der Waals surface area (Å²) in [5.41, 5.74) is 12.1. The second-order valence-corrected chi connectivity index (χ2v) is 5.73. The number of nitrogens with zero attached hydrogens (tertiary/aromatic N) is 2. The largest absolute Gasteiger partial charge is 0.329 e. The van der Waals surface area contributed by atoms with Gasteiger partial charge in [-0.05, 0) is 56.6 Å². The molecule has 0 aliphatic rings. The van der Waals surface area contributed by atoms with E-state index in [-0.39, 0.29) is 6.04 Å². The summed E-state index contributed by atoms with van der Waals surface area (Å²) in [6.45, 7) is 7.75. The number of nitrogens with two attached hydrogens (primary N) is 1. The van der Waals surface area contributed by atoms with Crippen LogP contribution >= 0.6 is 0 Å². The minimum atomic E-state index is 0.215. The van der Waals surface area contributed by atoms with Crippen LogP contribution < -0.4 is 5.73 Å². The minimum absolute atomic E-state index is 0.215. The fourth-order valence-electron chi connectivity index (χ4n) is 2.73. The van der Waals surface area contributed by atoms with Crippen molar-refractivity contribution in [3.63, 3.8) is 0 Å². The van der Waals surface area contributed by atoms with Gasteiger partial charge in [-0.25, -0.2) is 0 Å². The molecule has 3 heteroatoms. The number of pyridine rings is 1. The maximum Gasteiger partial charge on any atom is 0.0547 e. The van der Waals surface area contributed by atoms with Gasteiger partial charge in [-0.1, -0.05) is 24.3 Å². The molecule has 1 aromatic heterocycles. The first kappa shape index (κ1) is 15.7. The van der Waals surface area contributed by atoms with Gasteiger partial charge in [0.25, 0.3) is 0 Å². The average molecular weight is 283 g/mol. The van der Waals surface area contributed by atoms with E-state index in [1.165, 1.54) is 16.7 Å². The summed E-state index contributed by atoms with van der Waals surface area (Å²) in [5.74, 6) is 0. The Morgan fingerprint density at radius 1 is 1.10 bits per heavy atom. The van der Waals surface area contributed by atoms with Crippen LogP contribution in [0.5, 0.6) is 0 Å². The summed E-state index contributed by atoms with van der Waals surface area (Å²) < 4.78 is 0. The van der Waals surface area contributed by atoms with Crippen molar-refractivity contribution in [2.24, 2.45) is 5.73 Å². The lowest BCUT2D eigenvalue weighted by molar-refractivity contribution is 0.238. The van der Waals surface area contributed by atoms with Gasteiger partial charge in [0.2, 0.25) is 0 Å². The van der Waals surface area contributed by atoms with Gasteiger partial charge in [-0.2, -0.15) is 0 Å². The topological polar surface area (TPSA) is 42.1 Å². The highest BCUT2D eigenvalue weighted by Crippen LogP contribution is 2.25. The zero-order valence-electron chi connectivity index (χ0n) is 13.4. The molecule has 0 saturated heterocycles. The second kappa shape index (κ2) is 6.83. The van der Waals surface area contributed by atoms with Crippen molar-refractivity contribution in [1.29, 1.82) is 0 Å². The molecule has 1 atom stereocenters. The van der Waals surface area contributed by atoms with Crippen molar-refractivity contribution < 1.29 is 0 Å². The smallest absolute Gasteiger partial charge is 0.0547 e. The van der Waals surface area contributed by atoms with E-state index in [0.29, 0.717) is 6.54 Å². The molecule has 0 saturated carbocycles. The standard InChI is InChI=1S/C18H25N3/c1-13-7-5-10-17(15(13)3)18(11-19)21(4)12-16-9-6-8-14(2)20-16/h5-10,18H,11-12,19H2,1-4H3. The summed E-state index contributed by atoms with van der Waals surface area (Å²) in [7, 11) is 2.11. The fraction of sp³-hybridized carbons (Fsp3) is 0.389. The van der Waals surface area contributed by atoms with E-state index in [1.54, 1.807) is 0 Å².